The van der Waals surface area contributed by atoms with Crippen LogP contribution in [0.3, 0.4) is 0 Å². The molecule has 0 aromatic heterocycles. The van der Waals surface area contributed by atoms with Crippen molar-refractivity contribution in [1.29, 1.82) is 0 Å². The number of para-hydroxylation sites is 1. The van der Waals surface area contributed by atoms with Crippen LogP contribution in [0.2, 0.25) is 55.9 Å². The van der Waals surface area contributed by atoms with Crippen molar-refractivity contribution >= 4 is 42.5 Å². The van der Waals surface area contributed by atoms with Gasteiger partial charge in [0.1, 0.15) is 11.4 Å². The zero-order valence-corrected chi connectivity index (χ0v) is 36.0. The number of carbonyl (C=O) groups is 1. The SMILES string of the molecule is CSC1=CC(CCCCOc2ccccc2)(O[Si](C)(C)C)C(=C/C=C\C(CCCO[Si](C)(C)C(C)(C)C)O[Si](C)(C)C(C)(C)C)C1=O. The third kappa shape index (κ3) is 12.9. The topological polar surface area (TPSA) is 54.0 Å². The lowest BCUT2D eigenvalue weighted by Crippen LogP contribution is -2.44. The molecular weight excluding hydrogens is 653 g/mol. The Labute approximate surface area is 295 Å². The van der Waals surface area contributed by atoms with E-state index in [9.17, 15) is 4.79 Å². The Morgan fingerprint density at radius 2 is 1.47 bits per heavy atom. The summed E-state index contributed by atoms with van der Waals surface area (Å²) in [5.41, 5.74) is 0.000820. The lowest BCUT2D eigenvalue weighted by Gasteiger charge is -2.39. The van der Waals surface area contributed by atoms with Crippen molar-refractivity contribution in [1.82, 2.24) is 0 Å². The van der Waals surface area contributed by atoms with E-state index in [4.69, 9.17) is 18.0 Å². The lowest BCUT2D eigenvalue weighted by atomic mass is 9.90. The minimum atomic E-state index is -2.03. The number of allylic oxidation sites excluding steroid dienone is 3. The molecule has 2 unspecified atom stereocenters. The van der Waals surface area contributed by atoms with Crippen LogP contribution < -0.4 is 4.74 Å². The molecule has 47 heavy (non-hydrogen) atoms. The molecule has 2 atom stereocenters. The quantitative estimate of drug-likeness (QED) is 0.0856. The third-order valence-electron chi connectivity index (χ3n) is 9.69. The van der Waals surface area contributed by atoms with Gasteiger partial charge < -0.3 is 18.0 Å². The predicted molar refractivity (Wildman–Crippen MR) is 211 cm³/mol. The first-order valence-corrected chi connectivity index (χ1v) is 27.9. The van der Waals surface area contributed by atoms with Crippen LogP contribution in [0.5, 0.6) is 5.75 Å². The van der Waals surface area contributed by atoms with Gasteiger partial charge in [0.2, 0.25) is 0 Å². The maximum atomic E-state index is 13.8. The van der Waals surface area contributed by atoms with Crippen LogP contribution in [0, 0.1) is 0 Å². The number of rotatable bonds is 18. The summed E-state index contributed by atoms with van der Waals surface area (Å²) in [6, 6.07) is 9.93. The maximum Gasteiger partial charge on any atom is 0.198 e. The molecule has 0 radical (unpaired) electrons. The fraction of sp³-hybridized carbons (Fsp3) is 0.658. The number of ether oxygens (including phenoxy) is 1. The summed E-state index contributed by atoms with van der Waals surface area (Å²) < 4.78 is 26.3. The summed E-state index contributed by atoms with van der Waals surface area (Å²) in [7, 11) is -5.87. The molecule has 0 heterocycles. The van der Waals surface area contributed by atoms with Crippen LogP contribution in [0.4, 0.5) is 0 Å². The average Bonchev–Trinajstić information content (AvgIpc) is 3.18. The fourth-order valence-corrected chi connectivity index (χ4v) is 9.35. The van der Waals surface area contributed by atoms with Crippen molar-refractivity contribution in [2.75, 3.05) is 19.5 Å². The van der Waals surface area contributed by atoms with Crippen LogP contribution in [-0.4, -0.2) is 61.9 Å². The summed E-state index contributed by atoms with van der Waals surface area (Å²) in [5, 5.41) is 0.283. The van der Waals surface area contributed by atoms with Crippen molar-refractivity contribution < 1.29 is 22.8 Å². The van der Waals surface area contributed by atoms with Gasteiger partial charge in [-0.1, -0.05) is 78.0 Å². The highest BCUT2D eigenvalue weighted by Crippen LogP contribution is 2.44. The van der Waals surface area contributed by atoms with Crippen molar-refractivity contribution in [2.45, 2.75) is 141 Å². The normalized spacial score (nSPS) is 19.9. The van der Waals surface area contributed by atoms with Crippen LogP contribution in [-0.2, 0) is 18.1 Å². The molecule has 9 heteroatoms. The van der Waals surface area contributed by atoms with Gasteiger partial charge in [-0.25, -0.2) is 0 Å². The maximum absolute atomic E-state index is 13.8. The number of ketones is 1. The Bertz CT molecular complexity index is 1240. The molecule has 1 aliphatic carbocycles. The van der Waals surface area contributed by atoms with E-state index in [0.29, 0.717) is 6.61 Å². The molecule has 0 saturated heterocycles. The van der Waals surface area contributed by atoms with Crippen molar-refractivity contribution in [3.8, 4) is 5.75 Å². The number of Topliss-reactive ketones (excluding diaryl/α,β-unsaturated/α-hetero) is 1. The summed E-state index contributed by atoms with van der Waals surface area (Å²) in [6.07, 6.45) is 14.6. The monoisotopic (exact) mass is 718 g/mol. The van der Waals surface area contributed by atoms with E-state index >= 15 is 0 Å². The molecule has 266 valence electrons. The zero-order valence-electron chi connectivity index (χ0n) is 32.2. The molecule has 0 amide bonds. The summed E-state index contributed by atoms with van der Waals surface area (Å²) in [5.74, 6) is 0.957. The predicted octanol–water partition coefficient (Wildman–Crippen LogP) is 11.3. The molecule has 0 bridgehead atoms. The molecule has 1 aliphatic rings. The molecule has 0 spiro atoms. The smallest absolute Gasteiger partial charge is 0.198 e. The molecule has 0 aliphatic heterocycles. The summed E-state index contributed by atoms with van der Waals surface area (Å²) >= 11 is 1.51. The molecule has 1 aromatic rings. The van der Waals surface area contributed by atoms with Crippen LogP contribution in [0.1, 0.15) is 73.6 Å². The molecule has 2 rings (SSSR count). The average molecular weight is 719 g/mol. The Kier molecular flexibility index (Phi) is 15.3. The van der Waals surface area contributed by atoms with Gasteiger partial charge in [-0.05, 0) is 112 Å². The lowest BCUT2D eigenvalue weighted by molar-refractivity contribution is -0.112. The molecule has 1 aromatic carbocycles. The second-order valence-corrected chi connectivity index (χ2v) is 31.7. The third-order valence-corrected chi connectivity index (χ3v) is 20.5. The molecule has 5 nitrogen and oxygen atoms in total. The summed E-state index contributed by atoms with van der Waals surface area (Å²) in [6.45, 7) is 30.9. The highest BCUT2D eigenvalue weighted by molar-refractivity contribution is 8.03. The van der Waals surface area contributed by atoms with Gasteiger partial charge in [0.25, 0.3) is 0 Å². The Morgan fingerprint density at radius 1 is 0.851 bits per heavy atom. The molecular formula is C38H66O5SSi3. The fourth-order valence-electron chi connectivity index (χ4n) is 4.99. The molecule has 0 fully saturated rings. The number of unbranched alkanes of at least 4 members (excludes halogenated alkanes) is 1. The Morgan fingerprint density at radius 3 is 2.02 bits per heavy atom. The molecule has 0 saturated carbocycles. The van der Waals surface area contributed by atoms with E-state index in [1.165, 1.54) is 11.8 Å². The van der Waals surface area contributed by atoms with Gasteiger partial charge in [0.05, 0.1) is 17.6 Å². The first-order chi connectivity index (χ1) is 21.5. The van der Waals surface area contributed by atoms with Gasteiger partial charge >= 0.3 is 0 Å². The Balaban J connectivity index is 2.32. The first kappa shape index (κ1) is 42.0. The van der Waals surface area contributed by atoms with E-state index < -0.39 is 30.6 Å². The van der Waals surface area contributed by atoms with Crippen molar-refractivity contribution in [3.05, 3.63) is 65.1 Å². The minimum absolute atomic E-state index is 0.0531. The number of hydrogen-bond acceptors (Lipinski definition) is 6. The van der Waals surface area contributed by atoms with Gasteiger partial charge in [-0.3, -0.25) is 4.79 Å². The standard InChI is InChI=1S/C38H66O5SSi3/c1-36(2,3)46(11,12)41-29-21-25-32(42-47(13,14)37(4,5)6)24-20-26-33-35(39)34(44-7)30-38(33,43-45(8,9)10)27-18-19-28-40-31-22-16-15-17-23-31/h15-17,20,22-24,26,30,32H,18-19,21,25,27-29H2,1-14H3/b24-20-,33-26?. The number of thioether (sulfide) groups is 1. The van der Waals surface area contributed by atoms with Gasteiger partial charge in [-0.15, -0.1) is 11.8 Å². The van der Waals surface area contributed by atoms with Gasteiger partial charge in [0, 0.05) is 12.2 Å². The second-order valence-electron chi connectivity index (χ2n) is 16.9. The number of hydrogen-bond donors (Lipinski definition) is 0. The number of benzene rings is 1. The van der Waals surface area contributed by atoms with E-state index in [1.807, 2.05) is 42.7 Å². The number of carbonyl (C=O) groups excluding carboxylic acids is 1. The van der Waals surface area contributed by atoms with Crippen molar-refractivity contribution in [2.24, 2.45) is 0 Å². The Hall–Kier alpha value is -1.21. The second kappa shape index (κ2) is 17.1. The largest absolute Gasteiger partial charge is 0.494 e. The van der Waals surface area contributed by atoms with E-state index in [1.54, 1.807) is 0 Å². The van der Waals surface area contributed by atoms with Gasteiger partial charge in [-0.2, -0.15) is 0 Å². The highest BCUT2D eigenvalue weighted by Gasteiger charge is 2.46. The summed E-state index contributed by atoms with van der Waals surface area (Å²) in [4.78, 5) is 14.6. The van der Waals surface area contributed by atoms with E-state index in [0.717, 1.165) is 54.9 Å². The van der Waals surface area contributed by atoms with E-state index in [-0.39, 0.29) is 22.0 Å². The van der Waals surface area contributed by atoms with E-state index in [2.05, 4.69) is 106 Å². The van der Waals surface area contributed by atoms with Crippen LogP contribution in [0.25, 0.3) is 0 Å². The van der Waals surface area contributed by atoms with Crippen LogP contribution >= 0.6 is 11.8 Å². The molecule has 0 N–H and O–H groups in total. The van der Waals surface area contributed by atoms with Gasteiger partial charge in [0.15, 0.2) is 30.7 Å². The first-order valence-electron chi connectivity index (χ1n) is 17.4. The zero-order chi connectivity index (χ0) is 35.7. The van der Waals surface area contributed by atoms with Crippen LogP contribution in [0.15, 0.2) is 65.1 Å². The minimum Gasteiger partial charge on any atom is -0.494 e. The highest BCUT2D eigenvalue weighted by atomic mass is 32.2. The van der Waals surface area contributed by atoms with Crippen molar-refractivity contribution in [3.63, 3.8) is 0 Å².